The molecule has 0 aliphatic carbocycles. The number of carboxylic acid groups (broad SMARTS) is 1. The number of pyridine rings is 1. The average Bonchev–Trinajstić information content (AvgIpc) is 2.58. The summed E-state index contributed by atoms with van der Waals surface area (Å²) >= 11 is 0. The Labute approximate surface area is 101 Å². The van der Waals surface area contributed by atoms with E-state index in [1.54, 1.807) is 12.3 Å². The lowest BCUT2D eigenvalue weighted by molar-refractivity contribution is 0.0690. The van der Waals surface area contributed by atoms with Gasteiger partial charge in [-0.3, -0.25) is 4.90 Å². The van der Waals surface area contributed by atoms with Crippen LogP contribution in [-0.2, 0) is 6.54 Å². The summed E-state index contributed by atoms with van der Waals surface area (Å²) in [5.41, 5.74) is 1.15. The molecule has 1 aliphatic heterocycles. The van der Waals surface area contributed by atoms with Gasteiger partial charge >= 0.3 is 5.97 Å². The summed E-state index contributed by atoms with van der Waals surface area (Å²) in [7, 11) is 0. The van der Waals surface area contributed by atoms with Gasteiger partial charge in [0.2, 0.25) is 0 Å². The van der Waals surface area contributed by atoms with Gasteiger partial charge in [0, 0.05) is 25.8 Å². The monoisotopic (exact) mass is 234 g/mol. The molecule has 0 radical (unpaired) electrons. The molecule has 4 nitrogen and oxygen atoms in total. The average molecular weight is 234 g/mol. The Morgan fingerprint density at radius 2 is 2.12 bits per heavy atom. The summed E-state index contributed by atoms with van der Waals surface area (Å²) < 4.78 is 0. The van der Waals surface area contributed by atoms with Gasteiger partial charge in [-0.05, 0) is 29.5 Å². The number of carboxylic acids is 1. The van der Waals surface area contributed by atoms with Crippen LogP contribution in [0.3, 0.4) is 0 Å². The Morgan fingerprint density at radius 3 is 2.71 bits per heavy atom. The number of rotatable bonds is 3. The molecule has 1 saturated heterocycles. The molecule has 1 aliphatic rings. The first-order chi connectivity index (χ1) is 8.06. The molecule has 2 rings (SSSR count). The summed E-state index contributed by atoms with van der Waals surface area (Å²) in [5, 5.41) is 8.88. The molecular formula is C13H18N2O2. The summed E-state index contributed by atoms with van der Waals surface area (Å²) in [6.45, 7) is 7.52. The van der Waals surface area contributed by atoms with Crippen molar-refractivity contribution in [3.05, 3.63) is 29.6 Å². The van der Waals surface area contributed by atoms with Gasteiger partial charge < -0.3 is 5.11 Å². The lowest BCUT2D eigenvalue weighted by Crippen LogP contribution is -2.20. The van der Waals surface area contributed by atoms with Crippen molar-refractivity contribution in [3.63, 3.8) is 0 Å². The lowest BCUT2D eigenvalue weighted by atomic mass is 10.0. The first-order valence-electron chi connectivity index (χ1n) is 5.97. The molecule has 0 aromatic carbocycles. The Kier molecular flexibility index (Phi) is 3.43. The Hall–Kier alpha value is -1.42. The van der Waals surface area contributed by atoms with Gasteiger partial charge in [-0.2, -0.15) is 0 Å². The maximum atomic E-state index is 10.8. The SMILES string of the molecule is CC1CN(Cc2ccnc(C(=O)O)c2)CC1C. The van der Waals surface area contributed by atoms with Gasteiger partial charge in [0.05, 0.1) is 0 Å². The molecule has 1 aromatic rings. The zero-order valence-electron chi connectivity index (χ0n) is 10.3. The number of hydrogen-bond acceptors (Lipinski definition) is 3. The van der Waals surface area contributed by atoms with Crippen LogP contribution >= 0.6 is 0 Å². The molecule has 0 saturated carbocycles. The predicted octanol–water partition coefficient (Wildman–Crippen LogP) is 1.87. The van der Waals surface area contributed by atoms with E-state index in [2.05, 4.69) is 23.7 Å². The molecule has 1 N–H and O–H groups in total. The molecule has 1 fully saturated rings. The van der Waals surface area contributed by atoms with Crippen LogP contribution in [-0.4, -0.2) is 34.0 Å². The fraction of sp³-hybridized carbons (Fsp3) is 0.538. The third kappa shape index (κ3) is 2.82. The van der Waals surface area contributed by atoms with Crippen LogP contribution < -0.4 is 0 Å². The number of nitrogens with zero attached hydrogens (tertiary/aromatic N) is 2. The van der Waals surface area contributed by atoms with E-state index in [-0.39, 0.29) is 5.69 Å². The highest BCUT2D eigenvalue weighted by Crippen LogP contribution is 2.23. The Morgan fingerprint density at radius 1 is 1.47 bits per heavy atom. The number of likely N-dealkylation sites (tertiary alicyclic amines) is 1. The molecule has 4 heteroatoms. The van der Waals surface area contributed by atoms with Crippen LogP contribution in [0.1, 0.15) is 29.9 Å². The van der Waals surface area contributed by atoms with Crippen molar-refractivity contribution < 1.29 is 9.90 Å². The summed E-state index contributed by atoms with van der Waals surface area (Å²) in [5.74, 6) is 0.474. The van der Waals surface area contributed by atoms with Gasteiger partial charge in [0.25, 0.3) is 0 Å². The van der Waals surface area contributed by atoms with Crippen LogP contribution in [0, 0.1) is 11.8 Å². The van der Waals surface area contributed by atoms with Crippen molar-refractivity contribution >= 4 is 5.97 Å². The number of hydrogen-bond donors (Lipinski definition) is 1. The van der Waals surface area contributed by atoms with E-state index >= 15 is 0 Å². The maximum Gasteiger partial charge on any atom is 0.354 e. The minimum atomic E-state index is -0.963. The minimum absolute atomic E-state index is 0.128. The van der Waals surface area contributed by atoms with Gasteiger partial charge in [0.1, 0.15) is 5.69 Å². The topological polar surface area (TPSA) is 53.4 Å². The van der Waals surface area contributed by atoms with Crippen LogP contribution in [0.4, 0.5) is 0 Å². The quantitative estimate of drug-likeness (QED) is 0.867. The standard InChI is InChI=1S/C13H18N2O2/c1-9-6-15(7-10(9)2)8-11-3-4-14-12(5-11)13(16)17/h3-5,9-10H,6-8H2,1-2H3,(H,16,17). The second-order valence-electron chi connectivity index (χ2n) is 5.00. The van der Waals surface area contributed by atoms with Crippen molar-refractivity contribution in [1.82, 2.24) is 9.88 Å². The van der Waals surface area contributed by atoms with Crippen LogP contribution in [0.15, 0.2) is 18.3 Å². The van der Waals surface area contributed by atoms with Gasteiger partial charge in [-0.15, -0.1) is 0 Å². The smallest absolute Gasteiger partial charge is 0.354 e. The fourth-order valence-electron chi connectivity index (χ4n) is 2.33. The van der Waals surface area contributed by atoms with E-state index < -0.39 is 5.97 Å². The number of aromatic carboxylic acids is 1. The maximum absolute atomic E-state index is 10.8. The molecule has 2 unspecified atom stereocenters. The first-order valence-corrected chi connectivity index (χ1v) is 5.97. The van der Waals surface area contributed by atoms with E-state index in [9.17, 15) is 4.79 Å². The molecule has 92 valence electrons. The molecule has 2 heterocycles. The van der Waals surface area contributed by atoms with E-state index in [0.29, 0.717) is 0 Å². The van der Waals surface area contributed by atoms with Gasteiger partial charge in [-0.25, -0.2) is 9.78 Å². The highest BCUT2D eigenvalue weighted by molar-refractivity contribution is 5.85. The molecule has 17 heavy (non-hydrogen) atoms. The summed E-state index contributed by atoms with van der Waals surface area (Å²) in [6.07, 6.45) is 1.57. The molecule has 2 atom stereocenters. The van der Waals surface area contributed by atoms with E-state index in [1.165, 1.54) is 0 Å². The Bertz CT molecular complexity index is 410. The van der Waals surface area contributed by atoms with Crippen molar-refractivity contribution in [1.29, 1.82) is 0 Å². The van der Waals surface area contributed by atoms with E-state index in [4.69, 9.17) is 5.11 Å². The number of carbonyl (C=O) groups is 1. The third-order valence-electron chi connectivity index (χ3n) is 3.51. The van der Waals surface area contributed by atoms with Crippen LogP contribution in [0.5, 0.6) is 0 Å². The van der Waals surface area contributed by atoms with E-state index in [0.717, 1.165) is 37.0 Å². The first kappa shape index (κ1) is 12.0. The largest absolute Gasteiger partial charge is 0.477 e. The van der Waals surface area contributed by atoms with Crippen LogP contribution in [0.25, 0.3) is 0 Å². The van der Waals surface area contributed by atoms with Crippen molar-refractivity contribution in [2.75, 3.05) is 13.1 Å². The zero-order valence-corrected chi connectivity index (χ0v) is 10.3. The van der Waals surface area contributed by atoms with Crippen molar-refractivity contribution in [3.8, 4) is 0 Å². The third-order valence-corrected chi connectivity index (χ3v) is 3.51. The second-order valence-corrected chi connectivity index (χ2v) is 5.00. The molecular weight excluding hydrogens is 216 g/mol. The minimum Gasteiger partial charge on any atom is -0.477 e. The number of aromatic nitrogens is 1. The molecule has 0 spiro atoms. The fourth-order valence-corrected chi connectivity index (χ4v) is 2.33. The second kappa shape index (κ2) is 4.84. The predicted molar refractivity (Wildman–Crippen MR) is 64.8 cm³/mol. The summed E-state index contributed by atoms with van der Waals surface area (Å²) in [4.78, 5) is 17.0. The molecule has 0 bridgehead atoms. The van der Waals surface area contributed by atoms with Crippen LogP contribution in [0.2, 0.25) is 0 Å². The molecule has 0 amide bonds. The van der Waals surface area contributed by atoms with Crippen molar-refractivity contribution in [2.24, 2.45) is 11.8 Å². The van der Waals surface area contributed by atoms with E-state index in [1.807, 2.05) is 6.07 Å². The zero-order chi connectivity index (χ0) is 12.4. The van der Waals surface area contributed by atoms with Gasteiger partial charge in [-0.1, -0.05) is 13.8 Å². The highest BCUT2D eigenvalue weighted by atomic mass is 16.4. The van der Waals surface area contributed by atoms with Gasteiger partial charge in [0.15, 0.2) is 0 Å². The summed E-state index contributed by atoms with van der Waals surface area (Å²) in [6, 6.07) is 3.55. The highest BCUT2D eigenvalue weighted by Gasteiger charge is 2.25. The lowest BCUT2D eigenvalue weighted by Gasteiger charge is -2.15. The molecule has 1 aromatic heterocycles. The normalized spacial score (nSPS) is 25.1. The van der Waals surface area contributed by atoms with Crippen molar-refractivity contribution in [2.45, 2.75) is 20.4 Å². The Balaban J connectivity index is 2.04.